The van der Waals surface area contributed by atoms with Crippen LogP contribution in [0.2, 0.25) is 0 Å². The Morgan fingerprint density at radius 3 is 2.61 bits per heavy atom. The minimum Gasteiger partial charge on any atom is -0.395 e. The number of hydrogen-bond acceptors (Lipinski definition) is 5. The number of nitro groups is 1. The van der Waals surface area contributed by atoms with Gasteiger partial charge < -0.3 is 14.6 Å². The molecule has 2 aromatic rings. The molecule has 1 N–H and O–H groups in total. The van der Waals surface area contributed by atoms with Crippen LogP contribution in [-0.2, 0) is 0 Å². The van der Waals surface area contributed by atoms with Gasteiger partial charge in [0.1, 0.15) is 4.92 Å². The Balaban J connectivity index is 1.73. The van der Waals surface area contributed by atoms with Crippen LogP contribution in [0.5, 0.6) is 0 Å². The van der Waals surface area contributed by atoms with E-state index >= 15 is 0 Å². The maximum absolute atomic E-state index is 12.1. The molecule has 1 aromatic carbocycles. The van der Waals surface area contributed by atoms with E-state index in [4.69, 9.17) is 4.42 Å². The number of amides is 1. The zero-order valence-electron chi connectivity index (χ0n) is 12.7. The Morgan fingerprint density at radius 1 is 1.26 bits per heavy atom. The highest BCUT2D eigenvalue weighted by atomic mass is 16.6. The van der Waals surface area contributed by atoms with Crippen LogP contribution in [0.3, 0.4) is 0 Å². The quantitative estimate of drug-likeness (QED) is 0.690. The number of hydrogen-bond donors (Lipinski definition) is 1. The largest absolute Gasteiger partial charge is 0.433 e. The molecular formula is C16H17N3O4. The molecule has 7 heteroatoms. The second-order valence-corrected chi connectivity index (χ2v) is 5.54. The van der Waals surface area contributed by atoms with Crippen molar-refractivity contribution >= 4 is 23.2 Å². The first-order valence-electron chi connectivity index (χ1n) is 7.46. The lowest BCUT2D eigenvalue weighted by Gasteiger charge is -2.19. The number of benzene rings is 1. The number of carbonyl (C=O) groups excluding carboxylic acids is 1. The maximum Gasteiger partial charge on any atom is 0.433 e. The average Bonchev–Trinajstić information content (AvgIpc) is 3.20. The van der Waals surface area contributed by atoms with Crippen molar-refractivity contribution in [2.45, 2.75) is 19.8 Å². The number of nitrogens with one attached hydrogen (secondary N) is 1. The van der Waals surface area contributed by atoms with Gasteiger partial charge in [-0.25, -0.2) is 0 Å². The predicted molar refractivity (Wildman–Crippen MR) is 85.9 cm³/mol. The number of anilines is 2. The molecule has 0 spiro atoms. The Bertz CT molecular complexity index is 748. The van der Waals surface area contributed by atoms with E-state index in [-0.39, 0.29) is 5.76 Å². The van der Waals surface area contributed by atoms with Gasteiger partial charge in [0.2, 0.25) is 0 Å². The molecule has 0 atom stereocenters. The van der Waals surface area contributed by atoms with E-state index in [1.807, 2.05) is 25.1 Å². The summed E-state index contributed by atoms with van der Waals surface area (Å²) in [6.45, 7) is 4.03. The Kier molecular flexibility index (Phi) is 4.01. The maximum atomic E-state index is 12.1. The molecule has 2 heterocycles. The molecule has 1 saturated heterocycles. The zero-order chi connectivity index (χ0) is 16.4. The lowest BCUT2D eigenvalue weighted by atomic mass is 10.1. The van der Waals surface area contributed by atoms with E-state index in [1.165, 1.54) is 18.9 Å². The van der Waals surface area contributed by atoms with Crippen LogP contribution in [0.15, 0.2) is 34.7 Å². The monoisotopic (exact) mass is 315 g/mol. The van der Waals surface area contributed by atoms with Crippen LogP contribution in [0.25, 0.3) is 0 Å². The topological polar surface area (TPSA) is 88.6 Å². The summed E-state index contributed by atoms with van der Waals surface area (Å²) < 4.78 is 4.90. The molecule has 0 radical (unpaired) electrons. The molecule has 1 aliphatic heterocycles. The molecule has 3 rings (SSSR count). The van der Waals surface area contributed by atoms with Crippen LogP contribution in [0, 0.1) is 17.0 Å². The third-order valence-corrected chi connectivity index (χ3v) is 3.92. The molecule has 120 valence electrons. The Hall–Kier alpha value is -2.83. The summed E-state index contributed by atoms with van der Waals surface area (Å²) in [7, 11) is 0. The van der Waals surface area contributed by atoms with Crippen LogP contribution < -0.4 is 10.2 Å². The summed E-state index contributed by atoms with van der Waals surface area (Å²) >= 11 is 0. The van der Waals surface area contributed by atoms with Crippen LogP contribution in [-0.4, -0.2) is 23.9 Å². The fraction of sp³-hybridized carbons (Fsp3) is 0.312. The van der Waals surface area contributed by atoms with Gasteiger partial charge in [0.15, 0.2) is 5.76 Å². The highest BCUT2D eigenvalue weighted by molar-refractivity contribution is 6.02. The molecule has 0 unspecified atom stereocenters. The van der Waals surface area contributed by atoms with Crippen LogP contribution in [0.4, 0.5) is 17.3 Å². The third-order valence-electron chi connectivity index (χ3n) is 3.92. The van der Waals surface area contributed by atoms with Gasteiger partial charge in [-0.05, 0) is 49.6 Å². The molecule has 0 saturated carbocycles. The van der Waals surface area contributed by atoms with Crippen molar-refractivity contribution in [1.29, 1.82) is 0 Å². The van der Waals surface area contributed by atoms with E-state index in [0.29, 0.717) is 5.69 Å². The molecular weight excluding hydrogens is 298 g/mol. The number of carbonyl (C=O) groups is 1. The van der Waals surface area contributed by atoms with E-state index in [1.54, 1.807) is 0 Å². The van der Waals surface area contributed by atoms with Crippen LogP contribution >= 0.6 is 0 Å². The lowest BCUT2D eigenvalue weighted by molar-refractivity contribution is -0.402. The van der Waals surface area contributed by atoms with E-state index in [2.05, 4.69) is 10.2 Å². The van der Waals surface area contributed by atoms with Gasteiger partial charge in [0, 0.05) is 24.5 Å². The second-order valence-electron chi connectivity index (χ2n) is 5.54. The van der Waals surface area contributed by atoms with Crippen molar-refractivity contribution in [1.82, 2.24) is 0 Å². The van der Waals surface area contributed by atoms with Crippen molar-refractivity contribution in [2.24, 2.45) is 0 Å². The van der Waals surface area contributed by atoms with Gasteiger partial charge >= 0.3 is 5.88 Å². The van der Waals surface area contributed by atoms with Gasteiger partial charge in [0.05, 0.1) is 6.07 Å². The van der Waals surface area contributed by atoms with Gasteiger partial charge in [-0.15, -0.1) is 0 Å². The number of rotatable bonds is 4. The smallest absolute Gasteiger partial charge is 0.395 e. The lowest BCUT2D eigenvalue weighted by Crippen LogP contribution is -2.18. The fourth-order valence-corrected chi connectivity index (χ4v) is 2.69. The molecule has 1 aromatic heterocycles. The first-order chi connectivity index (χ1) is 11.0. The first-order valence-corrected chi connectivity index (χ1v) is 7.46. The normalized spacial score (nSPS) is 14.0. The van der Waals surface area contributed by atoms with Crippen molar-refractivity contribution in [3.05, 3.63) is 51.8 Å². The van der Waals surface area contributed by atoms with Gasteiger partial charge in [-0.1, -0.05) is 0 Å². The van der Waals surface area contributed by atoms with Crippen molar-refractivity contribution in [3.63, 3.8) is 0 Å². The molecule has 7 nitrogen and oxygen atoms in total. The standard InChI is InChI=1S/C16H17N3O4/c1-11-10-12(18-8-2-3-9-18)4-5-13(11)17-16(20)14-6-7-15(23-14)19(21)22/h4-7,10H,2-3,8-9H2,1H3,(H,17,20). The average molecular weight is 315 g/mol. The van der Waals surface area contributed by atoms with Gasteiger partial charge in [-0.2, -0.15) is 0 Å². The third kappa shape index (κ3) is 3.18. The summed E-state index contributed by atoms with van der Waals surface area (Å²) in [5, 5.41) is 13.3. The highest BCUT2D eigenvalue weighted by Gasteiger charge is 2.18. The van der Waals surface area contributed by atoms with Crippen molar-refractivity contribution in [3.8, 4) is 0 Å². The molecule has 0 aliphatic carbocycles. The fourth-order valence-electron chi connectivity index (χ4n) is 2.69. The van der Waals surface area contributed by atoms with Gasteiger partial charge in [-0.3, -0.25) is 14.9 Å². The minimum atomic E-state index is -0.674. The SMILES string of the molecule is Cc1cc(N2CCCC2)ccc1NC(=O)c1ccc([N+](=O)[O-])o1. The van der Waals surface area contributed by atoms with Crippen LogP contribution in [0.1, 0.15) is 29.0 Å². The summed E-state index contributed by atoms with van der Waals surface area (Å²) in [6.07, 6.45) is 2.41. The summed E-state index contributed by atoms with van der Waals surface area (Å²) in [5.74, 6) is -1.04. The summed E-state index contributed by atoms with van der Waals surface area (Å²) in [6, 6.07) is 8.31. The molecule has 1 aliphatic rings. The van der Waals surface area contributed by atoms with E-state index < -0.39 is 16.7 Å². The van der Waals surface area contributed by atoms with E-state index in [9.17, 15) is 14.9 Å². The Morgan fingerprint density at radius 2 is 2.00 bits per heavy atom. The second kappa shape index (κ2) is 6.12. The molecule has 23 heavy (non-hydrogen) atoms. The van der Waals surface area contributed by atoms with E-state index in [0.717, 1.165) is 30.4 Å². The number of furan rings is 1. The summed E-state index contributed by atoms with van der Waals surface area (Å²) in [5.41, 5.74) is 2.74. The molecule has 0 bridgehead atoms. The number of aryl methyl sites for hydroxylation is 1. The summed E-state index contributed by atoms with van der Waals surface area (Å²) in [4.78, 5) is 24.3. The minimum absolute atomic E-state index is 0.0836. The Labute approximate surface area is 133 Å². The first kappa shape index (κ1) is 15.1. The number of nitrogens with zero attached hydrogens (tertiary/aromatic N) is 2. The van der Waals surface area contributed by atoms with Gasteiger partial charge in [0.25, 0.3) is 5.91 Å². The van der Waals surface area contributed by atoms with Crippen molar-refractivity contribution in [2.75, 3.05) is 23.3 Å². The molecule has 1 fully saturated rings. The zero-order valence-corrected chi connectivity index (χ0v) is 12.7. The highest BCUT2D eigenvalue weighted by Crippen LogP contribution is 2.26. The molecule has 1 amide bonds. The van der Waals surface area contributed by atoms with Crippen molar-refractivity contribution < 1.29 is 14.1 Å². The predicted octanol–water partition coefficient (Wildman–Crippen LogP) is 3.35.